The Morgan fingerprint density at radius 1 is 1.50 bits per heavy atom. The predicted octanol–water partition coefficient (Wildman–Crippen LogP) is 1.62. The second-order valence-electron chi connectivity index (χ2n) is 4.17. The van der Waals surface area contributed by atoms with Crippen molar-refractivity contribution >= 4 is 21.6 Å². The third-order valence-electron chi connectivity index (χ3n) is 3.03. The average molecular weight is 294 g/mol. The van der Waals surface area contributed by atoms with Crippen molar-refractivity contribution in [3.05, 3.63) is 29.0 Å². The molecule has 1 fully saturated rings. The van der Waals surface area contributed by atoms with Gasteiger partial charge in [0.1, 0.15) is 5.82 Å². The minimum absolute atomic E-state index is 0.0470. The normalized spacial score (nSPS) is 21.4. The second-order valence-corrected chi connectivity index (χ2v) is 6.47. The van der Waals surface area contributed by atoms with Crippen LogP contribution in [0.1, 0.15) is 12.8 Å². The maximum Gasteiger partial charge on any atom is 0.243 e. The van der Waals surface area contributed by atoms with E-state index in [1.54, 1.807) is 0 Å². The lowest BCUT2D eigenvalue weighted by Gasteiger charge is -2.22. The first-order valence-electron chi connectivity index (χ1n) is 5.54. The molecule has 0 amide bonds. The third-order valence-corrected chi connectivity index (χ3v) is 5.27. The zero-order valence-corrected chi connectivity index (χ0v) is 11.1. The van der Waals surface area contributed by atoms with Crippen LogP contribution >= 0.6 is 11.6 Å². The van der Waals surface area contributed by atoms with Gasteiger partial charge in [-0.1, -0.05) is 11.6 Å². The molecule has 0 aromatic heterocycles. The summed E-state index contributed by atoms with van der Waals surface area (Å²) in [5.74, 6) is -0.657. The van der Waals surface area contributed by atoms with Crippen LogP contribution in [0.2, 0.25) is 5.02 Å². The molecule has 100 valence electrons. The van der Waals surface area contributed by atoms with Gasteiger partial charge in [0.15, 0.2) is 0 Å². The van der Waals surface area contributed by atoms with Gasteiger partial charge in [0.25, 0.3) is 0 Å². The number of halogens is 2. The molecule has 0 bridgehead atoms. The van der Waals surface area contributed by atoms with Crippen LogP contribution in [0.3, 0.4) is 0 Å². The van der Waals surface area contributed by atoms with Crippen LogP contribution in [-0.4, -0.2) is 37.0 Å². The minimum Gasteiger partial charge on any atom is -0.395 e. The van der Waals surface area contributed by atoms with Crippen LogP contribution < -0.4 is 0 Å². The van der Waals surface area contributed by atoms with Crippen molar-refractivity contribution in [3.63, 3.8) is 0 Å². The van der Waals surface area contributed by atoms with E-state index in [4.69, 9.17) is 16.7 Å². The monoisotopic (exact) mass is 293 g/mol. The first kappa shape index (κ1) is 13.7. The van der Waals surface area contributed by atoms with E-state index < -0.39 is 21.9 Å². The Morgan fingerprint density at radius 3 is 2.83 bits per heavy atom. The molecule has 1 aromatic rings. The third kappa shape index (κ3) is 2.38. The van der Waals surface area contributed by atoms with E-state index in [0.717, 1.165) is 12.1 Å². The molecule has 0 saturated carbocycles. The van der Waals surface area contributed by atoms with Crippen LogP contribution in [-0.2, 0) is 10.0 Å². The number of aliphatic hydroxyl groups excluding tert-OH is 1. The molecule has 1 aliphatic rings. The fraction of sp³-hybridized carbons (Fsp3) is 0.455. The smallest absolute Gasteiger partial charge is 0.243 e. The maximum absolute atomic E-state index is 13.0. The summed E-state index contributed by atoms with van der Waals surface area (Å²) in [4.78, 5) is -0.0470. The number of rotatable bonds is 3. The Hall–Kier alpha value is -0.690. The molecule has 1 aromatic carbocycles. The van der Waals surface area contributed by atoms with Gasteiger partial charge < -0.3 is 5.11 Å². The van der Waals surface area contributed by atoms with E-state index in [0.29, 0.717) is 19.4 Å². The van der Waals surface area contributed by atoms with Gasteiger partial charge in [-0.05, 0) is 31.0 Å². The summed E-state index contributed by atoms with van der Waals surface area (Å²) < 4.78 is 38.9. The van der Waals surface area contributed by atoms with Crippen LogP contribution in [0, 0.1) is 5.82 Å². The van der Waals surface area contributed by atoms with Crippen molar-refractivity contribution in [2.75, 3.05) is 13.2 Å². The van der Waals surface area contributed by atoms with Gasteiger partial charge in [0, 0.05) is 12.6 Å². The van der Waals surface area contributed by atoms with E-state index in [9.17, 15) is 12.8 Å². The van der Waals surface area contributed by atoms with Crippen molar-refractivity contribution in [1.82, 2.24) is 4.31 Å². The summed E-state index contributed by atoms with van der Waals surface area (Å²) in [6.07, 6.45) is 1.34. The number of aliphatic hydroxyl groups is 1. The molecule has 1 aliphatic heterocycles. The average Bonchev–Trinajstić information content (AvgIpc) is 2.81. The summed E-state index contributed by atoms with van der Waals surface area (Å²) in [5.41, 5.74) is 0. The molecule has 0 aliphatic carbocycles. The lowest BCUT2D eigenvalue weighted by Crippen LogP contribution is -2.37. The number of sulfonamides is 1. The van der Waals surface area contributed by atoms with Gasteiger partial charge in [0.05, 0.1) is 16.5 Å². The molecule has 0 spiro atoms. The highest BCUT2D eigenvalue weighted by Gasteiger charge is 2.34. The Labute approximate surface area is 110 Å². The van der Waals surface area contributed by atoms with Crippen molar-refractivity contribution in [2.24, 2.45) is 0 Å². The van der Waals surface area contributed by atoms with Crippen molar-refractivity contribution in [2.45, 2.75) is 23.8 Å². The van der Waals surface area contributed by atoms with Crippen molar-refractivity contribution in [3.8, 4) is 0 Å². The SMILES string of the molecule is O=S(=O)(c1ccc(F)c(Cl)c1)N1CCCC1CO. The molecular weight excluding hydrogens is 281 g/mol. The zero-order valence-electron chi connectivity index (χ0n) is 9.51. The highest BCUT2D eigenvalue weighted by Crippen LogP contribution is 2.27. The van der Waals surface area contributed by atoms with Crippen LogP contribution in [0.25, 0.3) is 0 Å². The summed E-state index contributed by atoms with van der Waals surface area (Å²) in [7, 11) is -3.72. The van der Waals surface area contributed by atoms with Crippen molar-refractivity contribution in [1.29, 1.82) is 0 Å². The molecule has 1 N–H and O–H groups in total. The number of hydrogen-bond acceptors (Lipinski definition) is 3. The molecule has 7 heteroatoms. The van der Waals surface area contributed by atoms with Crippen LogP contribution in [0.5, 0.6) is 0 Å². The molecule has 1 saturated heterocycles. The lowest BCUT2D eigenvalue weighted by atomic mass is 10.2. The molecular formula is C11H13ClFNO3S. The molecule has 2 rings (SSSR count). The van der Waals surface area contributed by atoms with Crippen LogP contribution in [0.4, 0.5) is 4.39 Å². The van der Waals surface area contributed by atoms with E-state index in [1.807, 2.05) is 0 Å². The first-order chi connectivity index (χ1) is 8.46. The number of hydrogen-bond donors (Lipinski definition) is 1. The fourth-order valence-corrected chi connectivity index (χ4v) is 4.04. The quantitative estimate of drug-likeness (QED) is 0.921. The zero-order chi connectivity index (χ0) is 13.3. The fourth-order valence-electron chi connectivity index (χ4n) is 2.08. The Kier molecular flexibility index (Phi) is 3.91. The number of benzene rings is 1. The summed E-state index contributed by atoms with van der Waals surface area (Å²) >= 11 is 5.59. The predicted molar refractivity (Wildman–Crippen MR) is 65.4 cm³/mol. The first-order valence-corrected chi connectivity index (χ1v) is 7.36. The van der Waals surface area contributed by atoms with Gasteiger partial charge in [-0.25, -0.2) is 12.8 Å². The molecule has 4 nitrogen and oxygen atoms in total. The topological polar surface area (TPSA) is 57.6 Å². The minimum atomic E-state index is -3.72. The van der Waals surface area contributed by atoms with Crippen molar-refractivity contribution < 1.29 is 17.9 Å². The molecule has 1 heterocycles. The molecule has 18 heavy (non-hydrogen) atoms. The van der Waals surface area contributed by atoms with Gasteiger partial charge in [-0.2, -0.15) is 4.31 Å². The number of nitrogens with zero attached hydrogens (tertiary/aromatic N) is 1. The standard InChI is InChI=1S/C11H13ClFNO3S/c12-10-6-9(3-4-11(10)13)18(16,17)14-5-1-2-8(14)7-15/h3-4,6,8,15H,1-2,5,7H2. The largest absolute Gasteiger partial charge is 0.395 e. The highest BCUT2D eigenvalue weighted by atomic mass is 35.5. The summed E-state index contributed by atoms with van der Waals surface area (Å²) in [5, 5.41) is 8.93. The second kappa shape index (κ2) is 5.13. The lowest BCUT2D eigenvalue weighted by molar-refractivity contribution is 0.213. The van der Waals surface area contributed by atoms with Gasteiger partial charge in [-0.15, -0.1) is 0 Å². The Morgan fingerprint density at radius 2 is 2.22 bits per heavy atom. The highest BCUT2D eigenvalue weighted by molar-refractivity contribution is 7.89. The van der Waals surface area contributed by atoms with Crippen LogP contribution in [0.15, 0.2) is 23.1 Å². The Bertz CT molecular complexity index is 549. The molecule has 0 radical (unpaired) electrons. The van der Waals surface area contributed by atoms with E-state index >= 15 is 0 Å². The summed E-state index contributed by atoms with van der Waals surface area (Å²) in [6, 6.07) is 2.90. The van der Waals surface area contributed by atoms with Gasteiger partial charge in [0.2, 0.25) is 10.0 Å². The van der Waals surface area contributed by atoms with Gasteiger partial charge >= 0.3 is 0 Å². The van der Waals surface area contributed by atoms with E-state index in [1.165, 1.54) is 10.4 Å². The maximum atomic E-state index is 13.0. The molecule has 1 atom stereocenters. The molecule has 1 unspecified atom stereocenters. The van der Waals surface area contributed by atoms with Gasteiger partial charge in [-0.3, -0.25) is 0 Å². The van der Waals surface area contributed by atoms with E-state index in [2.05, 4.69) is 0 Å². The summed E-state index contributed by atoms with van der Waals surface area (Å²) in [6.45, 7) is 0.150. The Balaban J connectivity index is 2.38. The van der Waals surface area contributed by atoms with E-state index in [-0.39, 0.29) is 16.5 Å².